The number of amides is 2. The van der Waals surface area contributed by atoms with E-state index in [0.29, 0.717) is 11.3 Å². The number of ether oxygens (including phenoxy) is 3. The average Bonchev–Trinajstić information content (AvgIpc) is 2.86. The van der Waals surface area contributed by atoms with Gasteiger partial charge in [-0.25, -0.2) is 0 Å². The molecule has 0 spiro atoms. The summed E-state index contributed by atoms with van der Waals surface area (Å²) in [4.78, 5) is 37.7. The van der Waals surface area contributed by atoms with E-state index in [1.54, 1.807) is 32.9 Å². The fraction of sp³-hybridized carbons (Fsp3) is 0.350. The molecule has 0 aliphatic carbocycles. The first-order valence-electron chi connectivity index (χ1n) is 8.46. The van der Waals surface area contributed by atoms with Crippen LogP contribution in [0.3, 0.4) is 0 Å². The van der Waals surface area contributed by atoms with Crippen molar-refractivity contribution in [2.45, 2.75) is 26.4 Å². The molecule has 0 bridgehead atoms. The molecular formula is C20H20ClNO6S. The van der Waals surface area contributed by atoms with Crippen molar-refractivity contribution < 1.29 is 28.6 Å². The second-order valence-electron chi connectivity index (χ2n) is 6.88. The summed E-state index contributed by atoms with van der Waals surface area (Å²) in [6.07, 6.45) is 6.67. The van der Waals surface area contributed by atoms with Crippen molar-refractivity contribution in [3.8, 4) is 23.8 Å². The van der Waals surface area contributed by atoms with Gasteiger partial charge in [-0.1, -0.05) is 17.5 Å². The molecule has 1 aromatic rings. The van der Waals surface area contributed by atoms with E-state index in [1.807, 2.05) is 0 Å². The number of hydrogen-bond acceptors (Lipinski definition) is 7. The van der Waals surface area contributed by atoms with E-state index >= 15 is 0 Å². The van der Waals surface area contributed by atoms with E-state index in [0.717, 1.165) is 16.7 Å². The maximum atomic E-state index is 12.6. The lowest BCUT2D eigenvalue weighted by Crippen LogP contribution is -2.37. The van der Waals surface area contributed by atoms with E-state index < -0.39 is 29.3 Å². The molecular weight excluding hydrogens is 418 g/mol. The number of imide groups is 1. The first kappa shape index (κ1) is 22.7. The molecule has 0 N–H and O–H groups in total. The minimum Gasteiger partial charge on any atom is -0.493 e. The lowest BCUT2D eigenvalue weighted by atomic mass is 10.1. The standard InChI is InChI=1S/C20H20ClNO6S/c1-6-7-27-17-13(21)8-12(9-14(17)26-5)10-15-18(24)22(19(25)29-15)11-16(23)28-20(2,3)4/h1,8-10H,7,11H2,2-5H3. The second kappa shape index (κ2) is 9.25. The number of esters is 1. The molecule has 9 heteroatoms. The molecule has 2 amide bonds. The average molecular weight is 438 g/mol. The normalized spacial score (nSPS) is 15.4. The van der Waals surface area contributed by atoms with Crippen LogP contribution in [0.5, 0.6) is 11.5 Å². The van der Waals surface area contributed by atoms with Crippen molar-refractivity contribution in [2.75, 3.05) is 20.3 Å². The topological polar surface area (TPSA) is 82.1 Å². The Kier molecular flexibility index (Phi) is 7.22. The van der Waals surface area contributed by atoms with Crippen LogP contribution in [0.15, 0.2) is 17.0 Å². The van der Waals surface area contributed by atoms with Gasteiger partial charge in [-0.2, -0.15) is 0 Å². The summed E-state index contributed by atoms with van der Waals surface area (Å²) in [6, 6.07) is 3.15. The first-order valence-corrected chi connectivity index (χ1v) is 9.66. The van der Waals surface area contributed by atoms with E-state index in [-0.39, 0.29) is 22.3 Å². The van der Waals surface area contributed by atoms with Crippen molar-refractivity contribution in [1.29, 1.82) is 0 Å². The molecule has 0 atom stereocenters. The SMILES string of the molecule is C#CCOc1c(Cl)cc(C=C2SC(=O)N(CC(=O)OC(C)(C)C)C2=O)cc1OC. The summed E-state index contributed by atoms with van der Waals surface area (Å²) >= 11 is 6.95. The van der Waals surface area contributed by atoms with Gasteiger partial charge in [0.1, 0.15) is 18.8 Å². The van der Waals surface area contributed by atoms with Crippen LogP contribution in [0.2, 0.25) is 5.02 Å². The summed E-state index contributed by atoms with van der Waals surface area (Å²) in [5.41, 5.74) is -0.201. The van der Waals surface area contributed by atoms with E-state index in [2.05, 4.69) is 5.92 Å². The Morgan fingerprint density at radius 2 is 2.03 bits per heavy atom. The summed E-state index contributed by atoms with van der Waals surface area (Å²) in [5.74, 6) is 1.69. The maximum Gasteiger partial charge on any atom is 0.326 e. The number of thioether (sulfide) groups is 1. The molecule has 1 aliphatic rings. The summed E-state index contributed by atoms with van der Waals surface area (Å²) in [5, 5.41) is -0.321. The van der Waals surface area contributed by atoms with Crippen LogP contribution in [-0.2, 0) is 14.3 Å². The van der Waals surface area contributed by atoms with E-state index in [1.165, 1.54) is 13.2 Å². The Bertz CT molecular complexity index is 913. The Morgan fingerprint density at radius 1 is 1.34 bits per heavy atom. The first-order chi connectivity index (χ1) is 13.6. The van der Waals surface area contributed by atoms with Gasteiger partial charge < -0.3 is 14.2 Å². The number of benzene rings is 1. The molecule has 1 heterocycles. The number of nitrogens with zero attached hydrogens (tertiary/aromatic N) is 1. The largest absolute Gasteiger partial charge is 0.493 e. The van der Waals surface area contributed by atoms with Crippen molar-refractivity contribution in [1.82, 2.24) is 4.90 Å². The Balaban J connectivity index is 2.24. The van der Waals surface area contributed by atoms with Crippen LogP contribution in [-0.4, -0.2) is 47.9 Å². The molecule has 1 aliphatic heterocycles. The molecule has 1 saturated heterocycles. The van der Waals surface area contributed by atoms with Gasteiger partial charge in [-0.15, -0.1) is 6.42 Å². The highest BCUT2D eigenvalue weighted by Crippen LogP contribution is 2.38. The van der Waals surface area contributed by atoms with Gasteiger partial charge in [-0.05, 0) is 56.3 Å². The third-order valence-electron chi connectivity index (χ3n) is 3.43. The van der Waals surface area contributed by atoms with Crippen molar-refractivity contribution in [3.63, 3.8) is 0 Å². The number of carbonyl (C=O) groups excluding carboxylic acids is 3. The van der Waals surface area contributed by atoms with Crippen LogP contribution < -0.4 is 9.47 Å². The minimum atomic E-state index is -0.717. The second-order valence-corrected chi connectivity index (χ2v) is 8.28. The molecule has 0 unspecified atom stereocenters. The van der Waals surface area contributed by atoms with Crippen LogP contribution in [0.25, 0.3) is 6.08 Å². The molecule has 1 aromatic carbocycles. The molecule has 0 radical (unpaired) electrons. The zero-order valence-electron chi connectivity index (χ0n) is 16.4. The lowest BCUT2D eigenvalue weighted by molar-refractivity contribution is -0.156. The number of terminal acetylenes is 1. The maximum absolute atomic E-state index is 12.6. The Morgan fingerprint density at radius 3 is 2.62 bits per heavy atom. The highest BCUT2D eigenvalue weighted by Gasteiger charge is 2.37. The third-order valence-corrected chi connectivity index (χ3v) is 4.62. The van der Waals surface area contributed by atoms with Gasteiger partial charge in [0.15, 0.2) is 11.5 Å². The lowest BCUT2D eigenvalue weighted by Gasteiger charge is -2.21. The highest BCUT2D eigenvalue weighted by molar-refractivity contribution is 8.18. The molecule has 7 nitrogen and oxygen atoms in total. The quantitative estimate of drug-likeness (QED) is 0.381. The molecule has 0 saturated carbocycles. The van der Waals surface area contributed by atoms with Gasteiger partial charge in [-0.3, -0.25) is 19.3 Å². The summed E-state index contributed by atoms with van der Waals surface area (Å²) in [7, 11) is 1.44. The Labute approximate surface area is 178 Å². The van der Waals surface area contributed by atoms with Crippen molar-refractivity contribution >= 4 is 46.6 Å². The third kappa shape index (κ3) is 5.92. The number of hydrogen-bond donors (Lipinski definition) is 0. The van der Waals surface area contributed by atoms with Crippen molar-refractivity contribution in [3.05, 3.63) is 27.6 Å². The monoisotopic (exact) mass is 437 g/mol. The zero-order chi connectivity index (χ0) is 21.8. The van der Waals surface area contributed by atoms with E-state index in [4.69, 9.17) is 32.2 Å². The van der Waals surface area contributed by atoms with Crippen LogP contribution in [0, 0.1) is 12.3 Å². The fourth-order valence-electron chi connectivity index (χ4n) is 2.37. The van der Waals surface area contributed by atoms with Crippen molar-refractivity contribution in [2.24, 2.45) is 0 Å². The molecule has 2 rings (SSSR count). The van der Waals surface area contributed by atoms with Crippen LogP contribution in [0.1, 0.15) is 26.3 Å². The smallest absolute Gasteiger partial charge is 0.326 e. The molecule has 1 fully saturated rings. The van der Waals surface area contributed by atoms with Gasteiger partial charge in [0.25, 0.3) is 11.1 Å². The van der Waals surface area contributed by atoms with Gasteiger partial charge in [0.05, 0.1) is 17.0 Å². The molecule has 29 heavy (non-hydrogen) atoms. The summed E-state index contributed by atoms with van der Waals surface area (Å²) < 4.78 is 15.8. The highest BCUT2D eigenvalue weighted by atomic mass is 35.5. The molecule has 154 valence electrons. The number of rotatable bonds is 6. The Hall–Kier alpha value is -2.63. The number of halogens is 1. The minimum absolute atomic E-state index is 0.0129. The van der Waals surface area contributed by atoms with Gasteiger partial charge in [0.2, 0.25) is 0 Å². The molecule has 0 aromatic heterocycles. The van der Waals surface area contributed by atoms with Crippen LogP contribution >= 0.6 is 23.4 Å². The number of carbonyl (C=O) groups is 3. The van der Waals surface area contributed by atoms with Crippen LogP contribution in [0.4, 0.5) is 4.79 Å². The number of methoxy groups -OCH3 is 1. The summed E-state index contributed by atoms with van der Waals surface area (Å²) in [6.45, 7) is 4.66. The van der Waals surface area contributed by atoms with E-state index in [9.17, 15) is 14.4 Å². The van der Waals surface area contributed by atoms with Gasteiger partial charge >= 0.3 is 5.97 Å². The predicted octanol–water partition coefficient (Wildman–Crippen LogP) is 3.74. The zero-order valence-corrected chi connectivity index (χ0v) is 18.0. The fourth-order valence-corrected chi connectivity index (χ4v) is 3.48. The van der Waals surface area contributed by atoms with Gasteiger partial charge in [0, 0.05) is 0 Å². The predicted molar refractivity (Wildman–Crippen MR) is 111 cm³/mol.